The fourth-order valence-corrected chi connectivity index (χ4v) is 2.00. The van der Waals surface area contributed by atoms with Gasteiger partial charge < -0.3 is 5.73 Å². The van der Waals surface area contributed by atoms with Gasteiger partial charge in [0.15, 0.2) is 0 Å². The molecule has 0 saturated heterocycles. The maximum Gasteiger partial charge on any atom is 0.131 e. The van der Waals surface area contributed by atoms with E-state index in [1.54, 1.807) is 6.20 Å². The molecule has 2 aromatic rings. The first kappa shape index (κ1) is 7.80. The molecule has 0 aliphatic heterocycles. The molecule has 0 atom stereocenters. The molecule has 1 saturated carbocycles. The summed E-state index contributed by atoms with van der Waals surface area (Å²) in [6.07, 6.45) is 4.44. The average molecular weight is 184 g/mol. The highest BCUT2D eigenvalue weighted by Crippen LogP contribution is 2.43. The SMILES string of the molecule is Nc1nccc2c(C3CC3)cccc12. The van der Waals surface area contributed by atoms with E-state index >= 15 is 0 Å². The van der Waals surface area contributed by atoms with Crippen LogP contribution in [0.2, 0.25) is 0 Å². The van der Waals surface area contributed by atoms with Gasteiger partial charge in [-0.25, -0.2) is 4.98 Å². The minimum Gasteiger partial charge on any atom is -0.383 e. The summed E-state index contributed by atoms with van der Waals surface area (Å²) in [6, 6.07) is 8.40. The molecule has 0 bridgehead atoms. The average Bonchev–Trinajstić information content (AvgIpc) is 3.01. The minimum absolute atomic E-state index is 0.644. The molecule has 1 aromatic heterocycles. The predicted molar refractivity (Wildman–Crippen MR) is 58.1 cm³/mol. The highest BCUT2D eigenvalue weighted by Gasteiger charge is 2.25. The maximum atomic E-state index is 5.83. The number of nitrogens with two attached hydrogens (primary N) is 1. The minimum atomic E-state index is 0.644. The summed E-state index contributed by atoms with van der Waals surface area (Å²) in [5.74, 6) is 1.41. The van der Waals surface area contributed by atoms with Crippen molar-refractivity contribution in [3.8, 4) is 0 Å². The van der Waals surface area contributed by atoms with Gasteiger partial charge in [0.05, 0.1) is 0 Å². The summed E-state index contributed by atoms with van der Waals surface area (Å²) in [5, 5.41) is 2.37. The van der Waals surface area contributed by atoms with Crippen molar-refractivity contribution >= 4 is 16.6 Å². The van der Waals surface area contributed by atoms with Gasteiger partial charge >= 0.3 is 0 Å². The first-order valence-corrected chi connectivity index (χ1v) is 4.99. The smallest absolute Gasteiger partial charge is 0.131 e. The Morgan fingerprint density at radius 1 is 1.14 bits per heavy atom. The molecule has 1 heterocycles. The van der Waals surface area contributed by atoms with Gasteiger partial charge in [0.2, 0.25) is 0 Å². The van der Waals surface area contributed by atoms with Crippen molar-refractivity contribution in [2.75, 3.05) is 5.73 Å². The second-order valence-corrected chi connectivity index (χ2v) is 3.91. The molecule has 70 valence electrons. The molecule has 0 radical (unpaired) electrons. The number of fused-ring (bicyclic) bond motifs is 1. The third-order valence-electron chi connectivity index (χ3n) is 2.89. The van der Waals surface area contributed by atoms with Crippen LogP contribution in [0.5, 0.6) is 0 Å². The predicted octanol–water partition coefficient (Wildman–Crippen LogP) is 2.69. The van der Waals surface area contributed by atoms with Crippen LogP contribution in [-0.2, 0) is 0 Å². The monoisotopic (exact) mass is 184 g/mol. The second-order valence-electron chi connectivity index (χ2n) is 3.91. The Morgan fingerprint density at radius 2 is 2.00 bits per heavy atom. The van der Waals surface area contributed by atoms with Crippen LogP contribution in [0.15, 0.2) is 30.5 Å². The van der Waals surface area contributed by atoms with Crippen LogP contribution in [0.3, 0.4) is 0 Å². The van der Waals surface area contributed by atoms with Crippen molar-refractivity contribution in [2.24, 2.45) is 0 Å². The number of anilines is 1. The number of hydrogen-bond donors (Lipinski definition) is 1. The Kier molecular flexibility index (Phi) is 1.51. The summed E-state index contributed by atoms with van der Waals surface area (Å²) in [4.78, 5) is 4.11. The van der Waals surface area contributed by atoms with Gasteiger partial charge in [-0.1, -0.05) is 18.2 Å². The molecule has 0 unspecified atom stereocenters. The maximum absolute atomic E-state index is 5.83. The van der Waals surface area contributed by atoms with Crippen LogP contribution < -0.4 is 5.73 Å². The van der Waals surface area contributed by atoms with E-state index in [-0.39, 0.29) is 0 Å². The van der Waals surface area contributed by atoms with Crippen molar-refractivity contribution in [1.82, 2.24) is 4.98 Å². The third kappa shape index (κ3) is 1.07. The van der Waals surface area contributed by atoms with Crippen molar-refractivity contribution < 1.29 is 0 Å². The van der Waals surface area contributed by atoms with Gasteiger partial charge in [0.1, 0.15) is 5.82 Å². The lowest BCUT2D eigenvalue weighted by Crippen LogP contribution is -1.92. The fourth-order valence-electron chi connectivity index (χ4n) is 2.00. The van der Waals surface area contributed by atoms with Gasteiger partial charge in [0.25, 0.3) is 0 Å². The van der Waals surface area contributed by atoms with Crippen LogP contribution in [0.25, 0.3) is 10.8 Å². The number of nitrogen functional groups attached to an aromatic ring is 1. The molecule has 14 heavy (non-hydrogen) atoms. The van der Waals surface area contributed by atoms with Gasteiger partial charge in [-0.05, 0) is 35.8 Å². The molecule has 2 N–H and O–H groups in total. The number of nitrogens with zero attached hydrogens (tertiary/aromatic N) is 1. The molecule has 1 fully saturated rings. The highest BCUT2D eigenvalue weighted by atomic mass is 14.8. The Morgan fingerprint density at radius 3 is 2.79 bits per heavy atom. The molecular weight excluding hydrogens is 172 g/mol. The van der Waals surface area contributed by atoms with Gasteiger partial charge in [-0.2, -0.15) is 0 Å². The summed E-state index contributed by atoms with van der Waals surface area (Å²) in [7, 11) is 0. The van der Waals surface area contributed by atoms with Gasteiger partial charge in [-0.15, -0.1) is 0 Å². The molecule has 1 aliphatic rings. The zero-order chi connectivity index (χ0) is 9.54. The molecule has 1 aliphatic carbocycles. The number of pyridine rings is 1. The summed E-state index contributed by atoms with van der Waals surface area (Å²) < 4.78 is 0. The Bertz CT molecular complexity index is 487. The van der Waals surface area contributed by atoms with Crippen molar-refractivity contribution in [1.29, 1.82) is 0 Å². The van der Waals surface area contributed by atoms with Crippen LogP contribution in [-0.4, -0.2) is 4.98 Å². The standard InChI is InChI=1S/C12H12N2/c13-12-11-3-1-2-9(8-4-5-8)10(11)6-7-14-12/h1-3,6-8H,4-5H2,(H2,13,14). The number of aromatic nitrogens is 1. The normalized spacial score (nSPS) is 16.0. The lowest BCUT2D eigenvalue weighted by Gasteiger charge is -2.05. The number of rotatable bonds is 1. The van der Waals surface area contributed by atoms with Crippen LogP contribution >= 0.6 is 0 Å². The van der Waals surface area contributed by atoms with Gasteiger partial charge in [-0.3, -0.25) is 0 Å². The number of benzene rings is 1. The van der Waals surface area contributed by atoms with E-state index in [1.807, 2.05) is 6.07 Å². The molecule has 0 amide bonds. The topological polar surface area (TPSA) is 38.9 Å². The largest absolute Gasteiger partial charge is 0.383 e. The van der Waals surface area contributed by atoms with Crippen LogP contribution in [0, 0.1) is 0 Å². The second kappa shape index (κ2) is 2.71. The highest BCUT2D eigenvalue weighted by molar-refractivity contribution is 5.93. The lowest BCUT2D eigenvalue weighted by molar-refractivity contribution is 1.15. The number of hydrogen-bond acceptors (Lipinski definition) is 2. The van der Waals surface area contributed by atoms with E-state index in [2.05, 4.69) is 23.2 Å². The van der Waals surface area contributed by atoms with Crippen molar-refractivity contribution in [3.63, 3.8) is 0 Å². The van der Waals surface area contributed by atoms with E-state index in [1.165, 1.54) is 23.8 Å². The van der Waals surface area contributed by atoms with Crippen LogP contribution in [0.4, 0.5) is 5.82 Å². The molecule has 2 nitrogen and oxygen atoms in total. The van der Waals surface area contributed by atoms with E-state index in [4.69, 9.17) is 5.73 Å². The zero-order valence-corrected chi connectivity index (χ0v) is 7.90. The van der Waals surface area contributed by atoms with E-state index in [9.17, 15) is 0 Å². The first-order chi connectivity index (χ1) is 6.86. The molecular formula is C12H12N2. The Balaban J connectivity index is 2.35. The molecule has 0 spiro atoms. The summed E-state index contributed by atoms with van der Waals surface area (Å²) in [5.41, 5.74) is 7.28. The summed E-state index contributed by atoms with van der Waals surface area (Å²) >= 11 is 0. The Hall–Kier alpha value is -1.57. The van der Waals surface area contributed by atoms with Crippen molar-refractivity contribution in [2.45, 2.75) is 18.8 Å². The first-order valence-electron chi connectivity index (χ1n) is 4.99. The third-order valence-corrected chi connectivity index (χ3v) is 2.89. The Labute approximate surface area is 82.8 Å². The molecule has 3 rings (SSSR count). The van der Waals surface area contributed by atoms with E-state index < -0.39 is 0 Å². The fraction of sp³-hybridized carbons (Fsp3) is 0.250. The quantitative estimate of drug-likeness (QED) is 0.740. The lowest BCUT2D eigenvalue weighted by atomic mass is 10.0. The zero-order valence-electron chi connectivity index (χ0n) is 7.90. The van der Waals surface area contributed by atoms with E-state index in [0.717, 1.165) is 11.3 Å². The molecule has 2 heteroatoms. The van der Waals surface area contributed by atoms with E-state index in [0.29, 0.717) is 5.82 Å². The van der Waals surface area contributed by atoms with Crippen molar-refractivity contribution in [3.05, 3.63) is 36.0 Å². The summed E-state index contributed by atoms with van der Waals surface area (Å²) in [6.45, 7) is 0. The van der Waals surface area contributed by atoms with Gasteiger partial charge in [0, 0.05) is 11.6 Å². The molecule has 1 aromatic carbocycles. The van der Waals surface area contributed by atoms with Crippen LogP contribution in [0.1, 0.15) is 24.3 Å².